The van der Waals surface area contributed by atoms with Gasteiger partial charge in [-0.25, -0.2) is 0 Å². The molecule has 0 N–H and O–H groups in total. The van der Waals surface area contributed by atoms with Gasteiger partial charge in [0.15, 0.2) is 0 Å². The summed E-state index contributed by atoms with van der Waals surface area (Å²) in [6.45, 7) is 9.91. The van der Waals surface area contributed by atoms with Crippen LogP contribution < -0.4 is 0 Å². The summed E-state index contributed by atoms with van der Waals surface area (Å²) in [5.41, 5.74) is 2.36. The summed E-state index contributed by atoms with van der Waals surface area (Å²) in [6.07, 6.45) is 2.06. The Balaban J connectivity index is 3.91. The van der Waals surface area contributed by atoms with Gasteiger partial charge in [-0.2, -0.15) is 0 Å². The van der Waals surface area contributed by atoms with Gasteiger partial charge < -0.3 is 4.90 Å². The van der Waals surface area contributed by atoms with Gasteiger partial charge in [0, 0.05) is 18.9 Å². The molecule has 0 bridgehead atoms. The van der Waals surface area contributed by atoms with E-state index in [0.717, 1.165) is 5.70 Å². The summed E-state index contributed by atoms with van der Waals surface area (Å²) in [5.74, 6) is 0. The first-order valence-corrected chi connectivity index (χ1v) is 3.07. The van der Waals surface area contributed by atoms with E-state index in [1.807, 2.05) is 18.9 Å². The molecule has 0 aromatic rings. The van der Waals surface area contributed by atoms with E-state index in [9.17, 15) is 0 Å². The van der Waals surface area contributed by atoms with Crippen molar-refractivity contribution in [1.29, 1.82) is 0 Å². The molecule has 0 aliphatic rings. The summed E-state index contributed by atoms with van der Waals surface area (Å²) in [7, 11) is 2.00. The van der Waals surface area contributed by atoms with E-state index < -0.39 is 0 Å². The molecule has 0 heterocycles. The van der Waals surface area contributed by atoms with Crippen LogP contribution in [0, 0.1) is 0 Å². The summed E-state index contributed by atoms with van der Waals surface area (Å²) in [6, 6.07) is 0. The monoisotopic (exact) mass is 125 g/mol. The van der Waals surface area contributed by atoms with Crippen LogP contribution in [0.5, 0.6) is 0 Å². The molecule has 0 fully saturated rings. The normalized spacial score (nSPS) is 8.44. The molecule has 0 spiro atoms. The topological polar surface area (TPSA) is 3.24 Å². The zero-order valence-corrected chi connectivity index (χ0v) is 6.73. The van der Waals surface area contributed by atoms with E-state index in [2.05, 4.69) is 26.6 Å². The van der Waals surface area contributed by atoms with Crippen molar-refractivity contribution >= 4 is 0 Å². The quantitative estimate of drug-likeness (QED) is 0.547. The Morgan fingerprint density at radius 1 is 1.33 bits per heavy atom. The largest absolute Gasteiger partial charge is 0.355 e. The molecule has 0 radical (unpaired) electrons. The third-order valence-corrected chi connectivity index (χ3v) is 1.05. The van der Waals surface area contributed by atoms with Crippen LogP contribution in [0.4, 0.5) is 0 Å². The minimum Gasteiger partial charge on any atom is -0.355 e. The van der Waals surface area contributed by atoms with Gasteiger partial charge in [0.2, 0.25) is 0 Å². The van der Waals surface area contributed by atoms with Crippen LogP contribution in [0.2, 0.25) is 0 Å². The van der Waals surface area contributed by atoms with E-state index in [1.165, 1.54) is 5.57 Å². The highest BCUT2D eigenvalue weighted by molar-refractivity contribution is 5.00. The molecule has 9 heavy (non-hydrogen) atoms. The van der Waals surface area contributed by atoms with E-state index >= 15 is 0 Å². The molecule has 52 valence electrons. The molecule has 0 rings (SSSR count). The maximum absolute atomic E-state index is 3.79. The van der Waals surface area contributed by atoms with Gasteiger partial charge in [-0.05, 0) is 20.8 Å². The average Bonchev–Trinajstić information content (AvgIpc) is 1.63. The number of allylic oxidation sites excluding steroid dienone is 2. The van der Waals surface area contributed by atoms with Crippen LogP contribution in [0.1, 0.15) is 20.8 Å². The van der Waals surface area contributed by atoms with Gasteiger partial charge in [-0.1, -0.05) is 12.2 Å². The van der Waals surface area contributed by atoms with Gasteiger partial charge in [0.25, 0.3) is 0 Å². The van der Waals surface area contributed by atoms with Crippen LogP contribution in [-0.4, -0.2) is 11.9 Å². The predicted molar refractivity (Wildman–Crippen MR) is 42.0 cm³/mol. The van der Waals surface area contributed by atoms with Crippen molar-refractivity contribution in [3.8, 4) is 0 Å². The maximum atomic E-state index is 3.79. The fraction of sp³-hybridized carbons (Fsp3) is 0.500. The van der Waals surface area contributed by atoms with Gasteiger partial charge in [0.1, 0.15) is 0 Å². The Hall–Kier alpha value is -0.720. The highest BCUT2D eigenvalue weighted by Crippen LogP contribution is 1.99. The molecule has 0 aliphatic carbocycles. The van der Waals surface area contributed by atoms with Gasteiger partial charge in [-0.15, -0.1) is 0 Å². The number of nitrogens with zero attached hydrogens (tertiary/aromatic N) is 1. The zero-order valence-electron chi connectivity index (χ0n) is 6.73. The Bertz CT molecular complexity index is 130. The number of hydrogen-bond acceptors (Lipinski definition) is 1. The van der Waals surface area contributed by atoms with E-state index in [0.29, 0.717) is 0 Å². The predicted octanol–water partition coefficient (Wildman–Crippen LogP) is 2.38. The highest BCUT2D eigenvalue weighted by Gasteiger charge is 1.88. The summed E-state index contributed by atoms with van der Waals surface area (Å²) >= 11 is 0. The smallest absolute Gasteiger partial charge is 0.0108 e. The van der Waals surface area contributed by atoms with E-state index in [-0.39, 0.29) is 0 Å². The molecule has 1 heteroatoms. The van der Waals surface area contributed by atoms with Crippen molar-refractivity contribution in [3.05, 3.63) is 24.0 Å². The van der Waals surface area contributed by atoms with E-state index in [1.54, 1.807) is 0 Å². The lowest BCUT2D eigenvalue weighted by atomic mass is 10.3. The van der Waals surface area contributed by atoms with Gasteiger partial charge >= 0.3 is 0 Å². The van der Waals surface area contributed by atoms with Crippen molar-refractivity contribution in [2.24, 2.45) is 0 Å². The molecule has 0 saturated heterocycles. The number of hydrogen-bond donors (Lipinski definition) is 0. The van der Waals surface area contributed by atoms with Crippen molar-refractivity contribution in [3.63, 3.8) is 0 Å². The standard InChI is InChI=1S/C8H15N/c1-7(2)6-9(5)8(3)4/h6H,3H2,1-2,4-5H3. The van der Waals surface area contributed by atoms with Crippen molar-refractivity contribution < 1.29 is 0 Å². The second-order valence-electron chi connectivity index (χ2n) is 2.55. The maximum Gasteiger partial charge on any atom is 0.0108 e. The zero-order chi connectivity index (χ0) is 7.44. The first-order chi connectivity index (χ1) is 4.04. The van der Waals surface area contributed by atoms with Crippen molar-refractivity contribution in [2.75, 3.05) is 7.05 Å². The number of rotatable bonds is 2. The Morgan fingerprint density at radius 3 is 1.89 bits per heavy atom. The average molecular weight is 125 g/mol. The SMILES string of the molecule is C=C(C)N(C)C=C(C)C. The molecule has 0 aromatic carbocycles. The molecule has 1 nitrogen and oxygen atoms in total. The molecular weight excluding hydrogens is 110 g/mol. The van der Waals surface area contributed by atoms with Crippen LogP contribution in [-0.2, 0) is 0 Å². The molecule has 0 aliphatic heterocycles. The third kappa shape index (κ3) is 3.83. The first-order valence-electron chi connectivity index (χ1n) is 3.07. The second-order valence-corrected chi connectivity index (χ2v) is 2.55. The van der Waals surface area contributed by atoms with Crippen LogP contribution >= 0.6 is 0 Å². The van der Waals surface area contributed by atoms with Crippen LogP contribution in [0.3, 0.4) is 0 Å². The fourth-order valence-corrected chi connectivity index (χ4v) is 0.497. The molecular formula is C8H15N. The van der Waals surface area contributed by atoms with Gasteiger partial charge in [-0.3, -0.25) is 0 Å². The van der Waals surface area contributed by atoms with Crippen LogP contribution in [0.15, 0.2) is 24.0 Å². The minimum atomic E-state index is 1.07. The lowest BCUT2D eigenvalue weighted by Crippen LogP contribution is -2.06. The lowest BCUT2D eigenvalue weighted by Gasteiger charge is -2.13. The Kier molecular flexibility index (Phi) is 3.07. The minimum absolute atomic E-state index is 1.07. The summed E-state index contributed by atoms with van der Waals surface area (Å²) in [5, 5.41) is 0. The lowest BCUT2D eigenvalue weighted by molar-refractivity contribution is 0.568. The van der Waals surface area contributed by atoms with E-state index in [4.69, 9.17) is 0 Å². The Labute approximate surface area is 57.7 Å². The van der Waals surface area contributed by atoms with Crippen molar-refractivity contribution in [2.45, 2.75) is 20.8 Å². The molecule has 0 aromatic heterocycles. The third-order valence-electron chi connectivity index (χ3n) is 1.05. The van der Waals surface area contributed by atoms with Crippen LogP contribution in [0.25, 0.3) is 0 Å². The molecule has 0 atom stereocenters. The first kappa shape index (κ1) is 8.28. The van der Waals surface area contributed by atoms with Crippen molar-refractivity contribution in [1.82, 2.24) is 4.90 Å². The van der Waals surface area contributed by atoms with Gasteiger partial charge in [0.05, 0.1) is 0 Å². The summed E-state index contributed by atoms with van der Waals surface area (Å²) < 4.78 is 0. The molecule has 0 amide bonds. The fourth-order valence-electron chi connectivity index (χ4n) is 0.497. The summed E-state index contributed by atoms with van der Waals surface area (Å²) in [4.78, 5) is 2.01. The highest BCUT2D eigenvalue weighted by atomic mass is 15.1. The molecule has 0 unspecified atom stereocenters. The Morgan fingerprint density at radius 2 is 1.78 bits per heavy atom. The second kappa shape index (κ2) is 3.33. The molecule has 0 saturated carbocycles.